The normalized spacial score (nSPS) is 13.1. The SMILES string of the molecule is CCOC(=O)c1c(NC(=O)CCSc2nc(C)cc(C)n2)sc2c1CCCC2. The molecule has 0 aromatic carbocycles. The maximum Gasteiger partial charge on any atom is 0.341 e. The van der Waals surface area contributed by atoms with E-state index < -0.39 is 0 Å². The Bertz CT molecular complexity index is 860. The van der Waals surface area contributed by atoms with Crippen molar-refractivity contribution in [1.29, 1.82) is 0 Å². The van der Waals surface area contributed by atoms with Crippen LogP contribution in [0.5, 0.6) is 0 Å². The maximum atomic E-state index is 12.5. The maximum absolute atomic E-state index is 12.5. The van der Waals surface area contributed by atoms with Crippen molar-refractivity contribution in [3.8, 4) is 0 Å². The molecule has 0 atom stereocenters. The first-order valence-corrected chi connectivity index (χ1v) is 11.3. The number of hydrogen-bond donors (Lipinski definition) is 1. The van der Waals surface area contributed by atoms with Crippen LogP contribution < -0.4 is 5.32 Å². The summed E-state index contributed by atoms with van der Waals surface area (Å²) in [5.74, 6) is 0.130. The van der Waals surface area contributed by atoms with Crippen LogP contribution in [0.25, 0.3) is 0 Å². The van der Waals surface area contributed by atoms with Crippen LogP contribution in [0.3, 0.4) is 0 Å². The van der Waals surface area contributed by atoms with Gasteiger partial charge in [-0.05, 0) is 58.1 Å². The number of rotatable bonds is 7. The zero-order valence-electron chi connectivity index (χ0n) is 16.5. The summed E-state index contributed by atoms with van der Waals surface area (Å²) < 4.78 is 5.23. The number of ether oxygens (including phenoxy) is 1. The van der Waals surface area contributed by atoms with E-state index in [-0.39, 0.29) is 11.9 Å². The standard InChI is InChI=1S/C20H25N3O3S2/c1-4-26-19(25)17-14-7-5-6-8-15(14)28-18(17)23-16(24)9-10-27-20-21-12(2)11-13(3)22-20/h11H,4-10H2,1-3H3,(H,23,24). The van der Waals surface area contributed by atoms with E-state index in [2.05, 4.69) is 15.3 Å². The molecule has 150 valence electrons. The van der Waals surface area contributed by atoms with Gasteiger partial charge in [0.05, 0.1) is 12.2 Å². The molecule has 1 amide bonds. The smallest absolute Gasteiger partial charge is 0.341 e. The Kier molecular flexibility index (Phi) is 7.07. The average Bonchev–Trinajstić information content (AvgIpc) is 2.98. The molecule has 0 bridgehead atoms. The highest BCUT2D eigenvalue weighted by Gasteiger charge is 2.27. The number of aryl methyl sites for hydroxylation is 3. The number of fused-ring (bicyclic) bond motifs is 1. The molecular formula is C20H25N3O3S2. The first kappa shape index (κ1) is 20.8. The molecule has 1 aliphatic carbocycles. The van der Waals surface area contributed by atoms with Crippen LogP contribution in [0.4, 0.5) is 5.00 Å². The Morgan fingerprint density at radius 1 is 1.21 bits per heavy atom. The molecule has 0 fully saturated rings. The number of nitrogens with one attached hydrogen (secondary N) is 1. The summed E-state index contributed by atoms with van der Waals surface area (Å²) in [6.45, 7) is 5.98. The van der Waals surface area contributed by atoms with Crippen LogP contribution in [0.2, 0.25) is 0 Å². The van der Waals surface area contributed by atoms with Crippen LogP contribution in [-0.4, -0.2) is 34.2 Å². The number of hydrogen-bond acceptors (Lipinski definition) is 7. The number of thiophene rings is 1. The van der Waals surface area contributed by atoms with E-state index in [0.717, 1.165) is 42.6 Å². The molecule has 0 saturated carbocycles. The summed E-state index contributed by atoms with van der Waals surface area (Å²) in [6.07, 6.45) is 4.34. The molecule has 8 heteroatoms. The number of esters is 1. The van der Waals surface area contributed by atoms with Gasteiger partial charge in [-0.25, -0.2) is 14.8 Å². The van der Waals surface area contributed by atoms with Crippen molar-refractivity contribution in [2.24, 2.45) is 0 Å². The van der Waals surface area contributed by atoms with E-state index in [0.29, 0.717) is 34.5 Å². The lowest BCUT2D eigenvalue weighted by Crippen LogP contribution is -2.16. The lowest BCUT2D eigenvalue weighted by Gasteiger charge is -2.12. The minimum Gasteiger partial charge on any atom is -0.462 e. The zero-order valence-corrected chi connectivity index (χ0v) is 18.1. The van der Waals surface area contributed by atoms with E-state index in [9.17, 15) is 9.59 Å². The number of amides is 1. The number of carbonyl (C=O) groups is 2. The Morgan fingerprint density at radius 2 is 1.93 bits per heavy atom. The van der Waals surface area contributed by atoms with Crippen molar-refractivity contribution in [3.63, 3.8) is 0 Å². The fraction of sp³-hybridized carbons (Fsp3) is 0.500. The summed E-state index contributed by atoms with van der Waals surface area (Å²) in [5.41, 5.74) is 3.45. The number of anilines is 1. The van der Waals surface area contributed by atoms with Gasteiger partial charge in [0.25, 0.3) is 0 Å². The number of aromatic nitrogens is 2. The summed E-state index contributed by atoms with van der Waals surface area (Å²) in [5, 5.41) is 4.25. The van der Waals surface area contributed by atoms with Gasteiger partial charge >= 0.3 is 5.97 Å². The van der Waals surface area contributed by atoms with Gasteiger partial charge in [0, 0.05) is 28.4 Å². The molecule has 1 N–H and O–H groups in total. The predicted molar refractivity (Wildman–Crippen MR) is 112 cm³/mol. The second kappa shape index (κ2) is 9.52. The fourth-order valence-corrected chi connectivity index (χ4v) is 5.44. The highest BCUT2D eigenvalue weighted by atomic mass is 32.2. The third-order valence-corrected chi connectivity index (χ3v) is 6.48. The monoisotopic (exact) mass is 419 g/mol. The average molecular weight is 420 g/mol. The van der Waals surface area contributed by atoms with Gasteiger partial charge in [-0.1, -0.05) is 11.8 Å². The Morgan fingerprint density at radius 3 is 2.64 bits per heavy atom. The lowest BCUT2D eigenvalue weighted by molar-refractivity contribution is -0.115. The highest BCUT2D eigenvalue weighted by Crippen LogP contribution is 2.38. The third-order valence-electron chi connectivity index (χ3n) is 4.43. The van der Waals surface area contributed by atoms with Gasteiger partial charge in [-0.2, -0.15) is 0 Å². The van der Waals surface area contributed by atoms with Crippen LogP contribution in [0, 0.1) is 13.8 Å². The van der Waals surface area contributed by atoms with Gasteiger partial charge < -0.3 is 10.1 Å². The van der Waals surface area contributed by atoms with Crippen molar-refractivity contribution in [1.82, 2.24) is 9.97 Å². The molecule has 2 aromatic rings. The molecule has 1 aliphatic rings. The van der Waals surface area contributed by atoms with Gasteiger partial charge in [-0.15, -0.1) is 11.3 Å². The third kappa shape index (κ3) is 5.11. The van der Waals surface area contributed by atoms with Crippen LogP contribution >= 0.6 is 23.1 Å². The molecule has 2 heterocycles. The molecule has 3 rings (SSSR count). The van der Waals surface area contributed by atoms with Crippen molar-refractivity contribution >= 4 is 40.0 Å². The van der Waals surface area contributed by atoms with E-state index in [1.165, 1.54) is 28.0 Å². The number of carbonyl (C=O) groups excluding carboxylic acids is 2. The summed E-state index contributed by atoms with van der Waals surface area (Å²) in [6, 6.07) is 1.92. The zero-order chi connectivity index (χ0) is 20.1. The lowest BCUT2D eigenvalue weighted by atomic mass is 9.95. The van der Waals surface area contributed by atoms with E-state index >= 15 is 0 Å². The van der Waals surface area contributed by atoms with Crippen molar-refractivity contribution in [2.75, 3.05) is 17.7 Å². The fourth-order valence-electron chi connectivity index (χ4n) is 3.26. The molecule has 2 aromatic heterocycles. The molecule has 6 nitrogen and oxygen atoms in total. The van der Waals surface area contributed by atoms with Gasteiger partial charge in [-0.3, -0.25) is 4.79 Å². The highest BCUT2D eigenvalue weighted by molar-refractivity contribution is 7.99. The molecule has 0 unspecified atom stereocenters. The molecular weight excluding hydrogens is 394 g/mol. The first-order valence-electron chi connectivity index (χ1n) is 9.54. The first-order chi connectivity index (χ1) is 13.5. The van der Waals surface area contributed by atoms with Crippen LogP contribution in [-0.2, 0) is 22.4 Å². The van der Waals surface area contributed by atoms with E-state index in [4.69, 9.17) is 4.74 Å². The van der Waals surface area contributed by atoms with Crippen molar-refractivity contribution in [2.45, 2.75) is 58.0 Å². The van der Waals surface area contributed by atoms with E-state index in [1.54, 1.807) is 6.92 Å². The summed E-state index contributed by atoms with van der Waals surface area (Å²) >= 11 is 2.98. The number of nitrogens with zero attached hydrogens (tertiary/aromatic N) is 2. The summed E-state index contributed by atoms with van der Waals surface area (Å²) in [4.78, 5) is 34.9. The summed E-state index contributed by atoms with van der Waals surface area (Å²) in [7, 11) is 0. The minimum absolute atomic E-state index is 0.110. The van der Waals surface area contributed by atoms with Crippen molar-refractivity contribution < 1.29 is 14.3 Å². The quantitative estimate of drug-likeness (QED) is 0.409. The Balaban J connectivity index is 1.64. The topological polar surface area (TPSA) is 81.2 Å². The van der Waals surface area contributed by atoms with Gasteiger partial charge in [0.1, 0.15) is 5.00 Å². The number of thioether (sulfide) groups is 1. The molecule has 28 heavy (non-hydrogen) atoms. The molecule has 0 spiro atoms. The van der Waals surface area contributed by atoms with Gasteiger partial charge in [0.2, 0.25) is 5.91 Å². The predicted octanol–water partition coefficient (Wildman–Crippen LogP) is 4.33. The molecule has 0 aliphatic heterocycles. The second-order valence-corrected chi connectivity index (χ2v) is 8.88. The Hall–Kier alpha value is -1.93. The van der Waals surface area contributed by atoms with Crippen molar-refractivity contribution in [3.05, 3.63) is 33.5 Å². The molecule has 0 radical (unpaired) electrons. The van der Waals surface area contributed by atoms with E-state index in [1.807, 2.05) is 19.9 Å². The minimum atomic E-state index is -0.338. The van der Waals surface area contributed by atoms with Crippen LogP contribution in [0.1, 0.15) is 58.4 Å². The molecule has 0 saturated heterocycles. The largest absolute Gasteiger partial charge is 0.462 e. The second-order valence-electron chi connectivity index (χ2n) is 6.72. The van der Waals surface area contributed by atoms with Crippen LogP contribution in [0.15, 0.2) is 11.2 Å². The Labute approximate surface area is 173 Å². The van der Waals surface area contributed by atoms with Gasteiger partial charge in [0.15, 0.2) is 5.16 Å².